The number of amides is 1. The Labute approximate surface area is 202 Å². The van der Waals surface area contributed by atoms with E-state index in [0.717, 1.165) is 28.9 Å². The number of methoxy groups -OCH3 is 2. The van der Waals surface area contributed by atoms with Crippen LogP contribution in [-0.4, -0.2) is 47.6 Å². The van der Waals surface area contributed by atoms with Crippen molar-refractivity contribution >= 4 is 23.2 Å². The number of carbonyl (C=O) groups excluding carboxylic acids is 1. The van der Waals surface area contributed by atoms with E-state index in [9.17, 15) is 20.0 Å². The fourth-order valence-electron chi connectivity index (χ4n) is 3.58. The molecular formula is C25H25N3O5S. The Morgan fingerprint density at radius 1 is 1.15 bits per heavy atom. The molecule has 0 radical (unpaired) electrons. The minimum Gasteiger partial charge on any atom is -0.496 e. The summed E-state index contributed by atoms with van der Waals surface area (Å²) >= 11 is 0.980. The van der Waals surface area contributed by atoms with Crippen LogP contribution in [0.1, 0.15) is 48.3 Å². The number of carboxylic acid groups (broad SMARTS) is 1. The highest BCUT2D eigenvalue weighted by Gasteiger charge is 2.23. The van der Waals surface area contributed by atoms with Gasteiger partial charge in [0.15, 0.2) is 5.69 Å². The van der Waals surface area contributed by atoms with E-state index in [1.54, 1.807) is 17.0 Å². The first-order chi connectivity index (χ1) is 16.4. The molecule has 0 aliphatic rings. The van der Waals surface area contributed by atoms with Gasteiger partial charge in [0.25, 0.3) is 5.91 Å². The summed E-state index contributed by atoms with van der Waals surface area (Å²) in [6.45, 7) is 2.34. The van der Waals surface area contributed by atoms with Crippen molar-refractivity contribution in [3.05, 3.63) is 74.7 Å². The Morgan fingerprint density at radius 3 is 2.32 bits per heavy atom. The maximum absolute atomic E-state index is 13.5. The summed E-state index contributed by atoms with van der Waals surface area (Å²) in [5.74, 6) is -0.480. The highest BCUT2D eigenvalue weighted by molar-refractivity contribution is 7.12. The van der Waals surface area contributed by atoms with Crippen molar-refractivity contribution in [3.8, 4) is 17.6 Å². The van der Waals surface area contributed by atoms with Crippen LogP contribution in [0.5, 0.6) is 11.5 Å². The van der Waals surface area contributed by atoms with E-state index in [-0.39, 0.29) is 23.0 Å². The van der Waals surface area contributed by atoms with Crippen molar-refractivity contribution in [1.29, 1.82) is 5.26 Å². The first-order valence-electron chi connectivity index (χ1n) is 10.6. The molecule has 9 heteroatoms. The number of aromatic carboxylic acids is 1. The number of carboxylic acids is 1. The normalized spacial score (nSPS) is 10.4. The molecular weight excluding hydrogens is 454 g/mol. The summed E-state index contributed by atoms with van der Waals surface area (Å²) in [4.78, 5) is 30.7. The zero-order valence-electron chi connectivity index (χ0n) is 19.2. The van der Waals surface area contributed by atoms with Crippen LogP contribution in [0.2, 0.25) is 0 Å². The van der Waals surface area contributed by atoms with Gasteiger partial charge in [-0.3, -0.25) is 4.79 Å². The van der Waals surface area contributed by atoms with Gasteiger partial charge in [-0.05, 0) is 37.5 Å². The molecule has 176 valence electrons. The van der Waals surface area contributed by atoms with Crippen molar-refractivity contribution in [2.24, 2.45) is 0 Å². The zero-order chi connectivity index (χ0) is 24.7. The molecule has 0 saturated carbocycles. The predicted octanol–water partition coefficient (Wildman–Crippen LogP) is 4.31. The number of rotatable bonds is 10. The summed E-state index contributed by atoms with van der Waals surface area (Å²) in [7, 11) is 3.06. The van der Waals surface area contributed by atoms with Gasteiger partial charge in [-0.1, -0.05) is 30.3 Å². The highest BCUT2D eigenvalue weighted by Crippen LogP contribution is 2.30. The molecule has 8 nitrogen and oxygen atoms in total. The average Bonchev–Trinajstić information content (AvgIpc) is 3.27. The number of hydrogen-bond donors (Lipinski definition) is 1. The van der Waals surface area contributed by atoms with Crippen LogP contribution in [0, 0.1) is 18.3 Å². The van der Waals surface area contributed by atoms with E-state index in [2.05, 4.69) is 4.98 Å². The third-order valence-electron chi connectivity index (χ3n) is 5.32. The Kier molecular flexibility index (Phi) is 8.22. The summed E-state index contributed by atoms with van der Waals surface area (Å²) < 4.78 is 10.8. The number of nitriles is 1. The molecule has 1 amide bonds. The van der Waals surface area contributed by atoms with Gasteiger partial charge < -0.3 is 19.5 Å². The molecule has 2 aromatic carbocycles. The second-order valence-electron chi connectivity index (χ2n) is 7.52. The monoisotopic (exact) mass is 479 g/mol. The quantitative estimate of drug-likeness (QED) is 0.461. The maximum Gasteiger partial charge on any atom is 0.356 e. The minimum absolute atomic E-state index is 0.0119. The first kappa shape index (κ1) is 24.7. The molecule has 3 aromatic rings. The van der Waals surface area contributed by atoms with Crippen molar-refractivity contribution in [2.45, 2.75) is 26.3 Å². The largest absolute Gasteiger partial charge is 0.496 e. The number of thiazole rings is 1. The van der Waals surface area contributed by atoms with Crippen molar-refractivity contribution in [3.63, 3.8) is 0 Å². The second-order valence-corrected chi connectivity index (χ2v) is 8.61. The van der Waals surface area contributed by atoms with Crippen LogP contribution < -0.4 is 9.47 Å². The van der Waals surface area contributed by atoms with E-state index in [0.29, 0.717) is 35.0 Å². The lowest BCUT2D eigenvalue weighted by Crippen LogP contribution is -2.32. The van der Waals surface area contributed by atoms with Gasteiger partial charge in [-0.2, -0.15) is 5.26 Å². The molecule has 0 spiro atoms. The van der Waals surface area contributed by atoms with E-state index in [4.69, 9.17) is 9.47 Å². The number of aryl methyl sites for hydroxylation is 1. The third kappa shape index (κ3) is 5.71. The van der Waals surface area contributed by atoms with Crippen LogP contribution in [0.3, 0.4) is 0 Å². The fourth-order valence-corrected chi connectivity index (χ4v) is 4.45. The van der Waals surface area contributed by atoms with Gasteiger partial charge in [0, 0.05) is 17.7 Å². The van der Waals surface area contributed by atoms with Gasteiger partial charge in [-0.15, -0.1) is 11.3 Å². The van der Waals surface area contributed by atoms with Crippen molar-refractivity contribution in [2.75, 3.05) is 20.8 Å². The summed E-state index contributed by atoms with van der Waals surface area (Å²) in [6, 6.07) is 15.1. The van der Waals surface area contributed by atoms with Gasteiger partial charge in [0.2, 0.25) is 0 Å². The molecule has 1 N–H and O–H groups in total. The number of benzene rings is 2. The van der Waals surface area contributed by atoms with Crippen LogP contribution in [0.4, 0.5) is 0 Å². The number of ether oxygens (including phenoxy) is 2. The number of hydrogen-bond acceptors (Lipinski definition) is 7. The SMILES string of the molecule is COc1cc(C(=O)N(CCCc2ccccc2)Cc2nc(C(=O)O)c(C#N)s2)cc(OC)c1C. The second kappa shape index (κ2) is 11.3. The molecule has 0 atom stereocenters. The number of carbonyl (C=O) groups is 2. The van der Waals surface area contributed by atoms with E-state index in [1.165, 1.54) is 14.2 Å². The van der Waals surface area contributed by atoms with Gasteiger partial charge in [0.1, 0.15) is 27.5 Å². The van der Waals surface area contributed by atoms with E-state index < -0.39 is 5.97 Å². The third-order valence-corrected chi connectivity index (χ3v) is 6.27. The molecule has 3 rings (SSSR count). The lowest BCUT2D eigenvalue weighted by atomic mass is 10.1. The Balaban J connectivity index is 1.90. The maximum atomic E-state index is 13.5. The topological polar surface area (TPSA) is 113 Å². The summed E-state index contributed by atoms with van der Waals surface area (Å²) in [5, 5.41) is 19.0. The van der Waals surface area contributed by atoms with Gasteiger partial charge in [-0.25, -0.2) is 9.78 Å². The molecule has 34 heavy (non-hydrogen) atoms. The molecule has 0 saturated heterocycles. The van der Waals surface area contributed by atoms with Crippen LogP contribution in [0.15, 0.2) is 42.5 Å². The van der Waals surface area contributed by atoms with E-state index >= 15 is 0 Å². The van der Waals surface area contributed by atoms with Crippen molar-refractivity contribution < 1.29 is 24.2 Å². The van der Waals surface area contributed by atoms with Gasteiger partial charge >= 0.3 is 5.97 Å². The molecule has 1 aromatic heterocycles. The standard InChI is InChI=1S/C25H25N3O5S/c1-16-19(32-2)12-18(13-20(16)33-3)24(29)28(11-7-10-17-8-5-4-6-9-17)15-22-27-23(25(30)31)21(14-26)34-22/h4-6,8-9,12-13H,7,10-11,15H2,1-3H3,(H,30,31). The Bertz CT molecular complexity index is 1190. The molecule has 1 heterocycles. The zero-order valence-corrected chi connectivity index (χ0v) is 20.0. The van der Waals surface area contributed by atoms with Gasteiger partial charge in [0.05, 0.1) is 20.8 Å². The average molecular weight is 480 g/mol. The molecule has 0 unspecified atom stereocenters. The van der Waals surface area contributed by atoms with Crippen molar-refractivity contribution in [1.82, 2.24) is 9.88 Å². The summed E-state index contributed by atoms with van der Waals surface area (Å²) in [6.07, 6.45) is 1.46. The van der Waals surface area contributed by atoms with Crippen LogP contribution >= 0.6 is 11.3 Å². The molecule has 0 fully saturated rings. The van der Waals surface area contributed by atoms with Crippen LogP contribution in [-0.2, 0) is 13.0 Å². The summed E-state index contributed by atoms with van der Waals surface area (Å²) in [5.41, 5.74) is 2.03. The first-order valence-corrected chi connectivity index (χ1v) is 11.4. The number of aromatic nitrogens is 1. The Hall–Kier alpha value is -3.90. The highest BCUT2D eigenvalue weighted by atomic mass is 32.1. The van der Waals surface area contributed by atoms with E-state index in [1.807, 2.05) is 43.3 Å². The van der Waals surface area contributed by atoms with Crippen LogP contribution in [0.25, 0.3) is 0 Å². The minimum atomic E-state index is -1.27. The lowest BCUT2D eigenvalue weighted by molar-refractivity contribution is 0.0690. The smallest absolute Gasteiger partial charge is 0.356 e. The fraction of sp³-hybridized carbons (Fsp3) is 0.280. The molecule has 0 bridgehead atoms. The molecule has 0 aliphatic carbocycles. The Morgan fingerprint density at radius 2 is 1.79 bits per heavy atom. The lowest BCUT2D eigenvalue weighted by Gasteiger charge is -2.23. The number of nitrogens with zero attached hydrogens (tertiary/aromatic N) is 3. The predicted molar refractivity (Wildman–Crippen MR) is 128 cm³/mol. The molecule has 0 aliphatic heterocycles.